The number of benzene rings is 9. The number of nitrogens with zero attached hydrogens (tertiary/aromatic N) is 1. The molecule has 9 aromatic carbocycles. The van der Waals surface area contributed by atoms with Gasteiger partial charge in [0.05, 0.1) is 0 Å². The predicted molar refractivity (Wildman–Crippen MR) is 226 cm³/mol. The lowest BCUT2D eigenvalue weighted by atomic mass is 9.90. The Kier molecular flexibility index (Phi) is 7.85. The molecule has 0 aromatic heterocycles. The van der Waals surface area contributed by atoms with Gasteiger partial charge in [-0.2, -0.15) is 0 Å². The van der Waals surface area contributed by atoms with Crippen LogP contribution in [0.15, 0.2) is 212 Å². The van der Waals surface area contributed by atoms with Crippen LogP contribution in [0.1, 0.15) is 0 Å². The SMILES string of the molecule is c1ccc(-c2ccc(N(c3ccc(-c4ccccc4)cc3)c3ccc4c(c3)Oc3ccc(-c5ccccc5)cc3-c3cc5ccccc5cc3-4)cc2)cc1. The molecule has 0 N–H and O–H groups in total. The minimum atomic E-state index is 0.821. The highest BCUT2D eigenvalue weighted by Crippen LogP contribution is 2.51. The van der Waals surface area contributed by atoms with Gasteiger partial charge in [0.2, 0.25) is 0 Å². The zero-order valence-corrected chi connectivity index (χ0v) is 29.6. The molecule has 254 valence electrons. The van der Waals surface area contributed by atoms with Crippen LogP contribution in [0.5, 0.6) is 11.5 Å². The Labute approximate surface area is 315 Å². The molecule has 54 heavy (non-hydrogen) atoms. The molecule has 10 rings (SSSR count). The Bertz CT molecular complexity index is 2670. The average Bonchev–Trinajstić information content (AvgIpc) is 3.38. The Balaban J connectivity index is 1.13. The quantitative estimate of drug-likeness (QED) is 0.172. The maximum Gasteiger partial charge on any atom is 0.137 e. The number of hydrogen-bond acceptors (Lipinski definition) is 2. The van der Waals surface area contributed by atoms with Gasteiger partial charge in [-0.3, -0.25) is 0 Å². The van der Waals surface area contributed by atoms with E-state index in [9.17, 15) is 0 Å². The van der Waals surface area contributed by atoms with E-state index in [-0.39, 0.29) is 0 Å². The fourth-order valence-corrected chi connectivity index (χ4v) is 7.72. The first-order valence-electron chi connectivity index (χ1n) is 18.4. The zero-order chi connectivity index (χ0) is 35.8. The van der Waals surface area contributed by atoms with Crippen molar-refractivity contribution in [2.24, 2.45) is 0 Å². The molecule has 0 spiro atoms. The first-order chi connectivity index (χ1) is 26.7. The molecule has 0 saturated carbocycles. The number of hydrogen-bond donors (Lipinski definition) is 0. The van der Waals surface area contributed by atoms with E-state index < -0.39 is 0 Å². The van der Waals surface area contributed by atoms with Crippen LogP contribution in [0.25, 0.3) is 66.4 Å². The van der Waals surface area contributed by atoms with E-state index in [0.29, 0.717) is 0 Å². The van der Waals surface area contributed by atoms with Crippen LogP contribution in [0.2, 0.25) is 0 Å². The van der Waals surface area contributed by atoms with Gasteiger partial charge in [-0.25, -0.2) is 0 Å². The summed E-state index contributed by atoms with van der Waals surface area (Å²) in [7, 11) is 0. The summed E-state index contributed by atoms with van der Waals surface area (Å²) < 4.78 is 6.99. The van der Waals surface area contributed by atoms with Gasteiger partial charge in [-0.1, -0.05) is 146 Å². The normalized spacial score (nSPS) is 11.5. The molecule has 1 aliphatic rings. The van der Waals surface area contributed by atoms with Crippen LogP contribution in [-0.2, 0) is 0 Å². The van der Waals surface area contributed by atoms with E-state index in [1.807, 2.05) is 0 Å². The average molecular weight is 690 g/mol. The molecular weight excluding hydrogens is 655 g/mol. The van der Waals surface area contributed by atoms with Crippen LogP contribution in [-0.4, -0.2) is 0 Å². The van der Waals surface area contributed by atoms with E-state index in [4.69, 9.17) is 4.74 Å². The summed E-state index contributed by atoms with van der Waals surface area (Å²) in [5.41, 5.74) is 14.7. The van der Waals surface area contributed by atoms with E-state index in [1.165, 1.54) is 38.6 Å². The summed E-state index contributed by atoms with van der Waals surface area (Å²) in [4.78, 5) is 2.32. The summed E-state index contributed by atoms with van der Waals surface area (Å²) in [5.74, 6) is 1.66. The Morgan fingerprint density at radius 2 is 0.685 bits per heavy atom. The fraction of sp³-hybridized carbons (Fsp3) is 0. The lowest BCUT2D eigenvalue weighted by Crippen LogP contribution is -2.10. The zero-order valence-electron chi connectivity index (χ0n) is 29.6. The van der Waals surface area contributed by atoms with Crippen molar-refractivity contribution in [1.29, 1.82) is 0 Å². The minimum Gasteiger partial charge on any atom is -0.456 e. The predicted octanol–water partition coefficient (Wildman–Crippen LogP) is 14.8. The van der Waals surface area contributed by atoms with E-state index in [0.717, 1.165) is 56.4 Å². The Morgan fingerprint density at radius 1 is 0.259 bits per heavy atom. The molecule has 0 atom stereocenters. The summed E-state index contributed by atoms with van der Waals surface area (Å²) in [5, 5.41) is 2.41. The molecule has 0 fully saturated rings. The maximum absolute atomic E-state index is 6.99. The molecule has 0 aliphatic carbocycles. The van der Waals surface area contributed by atoms with Crippen molar-refractivity contribution in [3.8, 4) is 67.1 Å². The summed E-state index contributed by atoms with van der Waals surface area (Å²) in [6.07, 6.45) is 0. The highest BCUT2D eigenvalue weighted by Gasteiger charge is 2.24. The number of rotatable bonds is 6. The first-order valence-corrected chi connectivity index (χ1v) is 18.4. The highest BCUT2D eigenvalue weighted by molar-refractivity contribution is 6.01. The van der Waals surface area contributed by atoms with Gasteiger partial charge >= 0.3 is 0 Å². The topological polar surface area (TPSA) is 12.5 Å². The molecular formula is C52H35NO. The highest BCUT2D eigenvalue weighted by atomic mass is 16.5. The number of anilines is 3. The summed E-state index contributed by atoms with van der Waals surface area (Å²) in [6, 6.07) is 75.7. The van der Waals surface area contributed by atoms with Gasteiger partial charge in [0.25, 0.3) is 0 Å². The molecule has 0 unspecified atom stereocenters. The van der Waals surface area contributed by atoms with Crippen LogP contribution in [0.4, 0.5) is 17.1 Å². The van der Waals surface area contributed by atoms with Crippen molar-refractivity contribution in [2.45, 2.75) is 0 Å². The lowest BCUT2D eigenvalue weighted by Gasteiger charge is -2.27. The smallest absolute Gasteiger partial charge is 0.137 e. The summed E-state index contributed by atoms with van der Waals surface area (Å²) >= 11 is 0. The Hall–Kier alpha value is -7.16. The fourth-order valence-electron chi connectivity index (χ4n) is 7.72. The second kappa shape index (κ2) is 13.4. The molecule has 9 aromatic rings. The van der Waals surface area contributed by atoms with Crippen molar-refractivity contribution in [1.82, 2.24) is 0 Å². The molecule has 2 nitrogen and oxygen atoms in total. The standard InChI is InChI=1S/C52H35NO/c1-4-12-36(13-5-1)39-20-25-44(26-21-39)53(45-27-22-40(23-28-45)37-14-6-2-7-15-37)46-29-30-47-48-32-41-18-10-11-19-42(41)33-49(48)50-34-43(38-16-8-3-9-17-38)24-31-51(50)54-52(47)35-46/h1-35H. The molecule has 0 bridgehead atoms. The monoisotopic (exact) mass is 689 g/mol. The van der Waals surface area contributed by atoms with Crippen molar-refractivity contribution in [2.75, 3.05) is 4.90 Å². The molecule has 0 radical (unpaired) electrons. The molecule has 1 aliphatic heterocycles. The largest absolute Gasteiger partial charge is 0.456 e. The molecule has 2 heteroatoms. The third-order valence-corrected chi connectivity index (χ3v) is 10.5. The van der Waals surface area contributed by atoms with Gasteiger partial charge in [0, 0.05) is 34.3 Å². The maximum atomic E-state index is 6.99. The second-order valence-electron chi connectivity index (χ2n) is 13.8. The second-order valence-corrected chi connectivity index (χ2v) is 13.8. The van der Waals surface area contributed by atoms with Crippen LogP contribution in [0.3, 0.4) is 0 Å². The lowest BCUT2D eigenvalue weighted by molar-refractivity contribution is 0.488. The van der Waals surface area contributed by atoms with Crippen molar-refractivity contribution >= 4 is 27.8 Å². The van der Waals surface area contributed by atoms with Gasteiger partial charge < -0.3 is 9.64 Å². The first kappa shape index (κ1) is 31.6. The van der Waals surface area contributed by atoms with Crippen LogP contribution >= 0.6 is 0 Å². The number of fused-ring (bicyclic) bond motifs is 6. The van der Waals surface area contributed by atoms with Gasteiger partial charge in [-0.05, 0) is 116 Å². The Morgan fingerprint density at radius 3 is 1.22 bits per heavy atom. The van der Waals surface area contributed by atoms with E-state index in [2.05, 4.69) is 217 Å². The van der Waals surface area contributed by atoms with E-state index >= 15 is 0 Å². The van der Waals surface area contributed by atoms with Gasteiger partial charge in [0.15, 0.2) is 0 Å². The molecule has 0 amide bonds. The van der Waals surface area contributed by atoms with Crippen molar-refractivity contribution < 1.29 is 4.74 Å². The van der Waals surface area contributed by atoms with Gasteiger partial charge in [-0.15, -0.1) is 0 Å². The van der Waals surface area contributed by atoms with Crippen LogP contribution < -0.4 is 9.64 Å². The minimum absolute atomic E-state index is 0.821. The molecule has 0 saturated heterocycles. The third kappa shape index (κ3) is 5.81. The van der Waals surface area contributed by atoms with E-state index in [1.54, 1.807) is 0 Å². The van der Waals surface area contributed by atoms with Gasteiger partial charge in [0.1, 0.15) is 11.5 Å². The molecule has 1 heterocycles. The number of ether oxygens (including phenoxy) is 1. The third-order valence-electron chi connectivity index (χ3n) is 10.5. The van der Waals surface area contributed by atoms with Crippen molar-refractivity contribution in [3.63, 3.8) is 0 Å². The van der Waals surface area contributed by atoms with Crippen molar-refractivity contribution in [3.05, 3.63) is 212 Å². The summed E-state index contributed by atoms with van der Waals surface area (Å²) in [6.45, 7) is 0. The van der Waals surface area contributed by atoms with Crippen LogP contribution in [0, 0.1) is 0 Å².